The van der Waals surface area contributed by atoms with Crippen LogP contribution in [0.1, 0.15) is 35.2 Å². The lowest BCUT2D eigenvalue weighted by Gasteiger charge is -2.38. The highest BCUT2D eigenvalue weighted by molar-refractivity contribution is 5.93. The molecule has 0 radical (unpaired) electrons. The Kier molecular flexibility index (Phi) is 4.78. The molecule has 0 bridgehead atoms. The number of likely N-dealkylation sites (N-methyl/N-ethyl adjacent to an activating group) is 1. The first-order valence-electron chi connectivity index (χ1n) is 9.20. The van der Waals surface area contributed by atoms with Gasteiger partial charge in [-0.2, -0.15) is 0 Å². The van der Waals surface area contributed by atoms with Crippen molar-refractivity contribution in [2.24, 2.45) is 0 Å². The van der Waals surface area contributed by atoms with Crippen LogP contribution in [-0.4, -0.2) is 59.1 Å². The summed E-state index contributed by atoms with van der Waals surface area (Å²) in [4.78, 5) is 20.8. The predicted octanol–water partition coefficient (Wildman–Crippen LogP) is 2.57. The van der Waals surface area contributed by atoms with E-state index in [0.29, 0.717) is 11.6 Å². The number of hydrogen-bond acceptors (Lipinski definition) is 5. The van der Waals surface area contributed by atoms with Crippen molar-refractivity contribution >= 4 is 5.91 Å². The molecule has 0 N–H and O–H groups in total. The van der Waals surface area contributed by atoms with Gasteiger partial charge in [0.05, 0.1) is 24.0 Å². The third-order valence-electron chi connectivity index (χ3n) is 5.72. The number of furan rings is 1. The molecule has 2 fully saturated rings. The van der Waals surface area contributed by atoms with Crippen molar-refractivity contribution in [3.8, 4) is 0 Å². The summed E-state index contributed by atoms with van der Waals surface area (Å²) in [6.45, 7) is 3.14. The van der Waals surface area contributed by atoms with Crippen molar-refractivity contribution in [2.75, 3.05) is 26.7 Å². The molecular weight excluding hydrogens is 330 g/mol. The molecule has 138 valence electrons. The van der Waals surface area contributed by atoms with E-state index < -0.39 is 0 Å². The van der Waals surface area contributed by atoms with Gasteiger partial charge in [0.2, 0.25) is 0 Å². The first kappa shape index (κ1) is 17.2. The van der Waals surface area contributed by atoms with Crippen LogP contribution >= 0.6 is 0 Å². The molecule has 4 rings (SSSR count). The predicted molar refractivity (Wildman–Crippen MR) is 96.6 cm³/mol. The molecule has 1 atom stereocenters. The van der Waals surface area contributed by atoms with Gasteiger partial charge < -0.3 is 14.1 Å². The molecule has 2 aromatic heterocycles. The van der Waals surface area contributed by atoms with Gasteiger partial charge in [-0.05, 0) is 50.1 Å². The number of aromatic nitrogens is 1. The fraction of sp³-hybridized carbons (Fsp3) is 0.500. The summed E-state index contributed by atoms with van der Waals surface area (Å²) in [7, 11) is 2.16. The second kappa shape index (κ2) is 7.21. The van der Waals surface area contributed by atoms with Crippen LogP contribution in [0.3, 0.4) is 0 Å². The smallest absolute Gasteiger partial charge is 0.257 e. The minimum absolute atomic E-state index is 0.0537. The number of amides is 1. The number of piperidine rings is 1. The molecule has 0 aromatic carbocycles. The standard InChI is InChI=1S/C20H25N3O3/c1-22(13-16-2-7-21-8-3-16)18-12-20(26-15-18)5-9-23(10-6-20)19(24)17-4-11-25-14-17/h2-4,7-8,11,14,18H,5-6,9-10,12-13,15H2,1H3/t18-/m0/s1. The van der Waals surface area contributed by atoms with Gasteiger partial charge in [-0.1, -0.05) is 0 Å². The highest BCUT2D eigenvalue weighted by Crippen LogP contribution is 2.38. The minimum Gasteiger partial charge on any atom is -0.472 e. The highest BCUT2D eigenvalue weighted by atomic mass is 16.5. The molecule has 1 amide bonds. The molecule has 6 heteroatoms. The largest absolute Gasteiger partial charge is 0.472 e. The second-order valence-corrected chi connectivity index (χ2v) is 7.43. The lowest BCUT2D eigenvalue weighted by atomic mass is 9.87. The molecular formula is C20H25N3O3. The maximum absolute atomic E-state index is 12.5. The van der Waals surface area contributed by atoms with Crippen LogP contribution in [0.25, 0.3) is 0 Å². The van der Waals surface area contributed by atoms with Crippen molar-refractivity contribution in [3.05, 3.63) is 54.2 Å². The van der Waals surface area contributed by atoms with E-state index in [0.717, 1.165) is 45.5 Å². The third kappa shape index (κ3) is 3.52. The molecule has 26 heavy (non-hydrogen) atoms. The lowest BCUT2D eigenvalue weighted by Crippen LogP contribution is -2.47. The van der Waals surface area contributed by atoms with Gasteiger partial charge in [0.25, 0.3) is 5.91 Å². The number of hydrogen-bond donors (Lipinski definition) is 0. The summed E-state index contributed by atoms with van der Waals surface area (Å²) in [5.74, 6) is 0.0537. The van der Waals surface area contributed by atoms with Gasteiger partial charge in [0.1, 0.15) is 6.26 Å². The number of carbonyl (C=O) groups excluding carboxylic acids is 1. The van der Waals surface area contributed by atoms with Gasteiger partial charge >= 0.3 is 0 Å². The van der Waals surface area contributed by atoms with Crippen LogP contribution in [0, 0.1) is 0 Å². The van der Waals surface area contributed by atoms with Crippen molar-refractivity contribution in [3.63, 3.8) is 0 Å². The molecule has 0 aliphatic carbocycles. The Balaban J connectivity index is 1.32. The summed E-state index contributed by atoms with van der Waals surface area (Å²) in [6, 6.07) is 6.26. The van der Waals surface area contributed by atoms with Gasteiger partial charge in [0, 0.05) is 38.1 Å². The first-order valence-corrected chi connectivity index (χ1v) is 9.20. The SMILES string of the molecule is CN(Cc1ccncc1)[C@@H]1COC2(CCN(C(=O)c3ccoc3)CC2)C1. The van der Waals surface area contributed by atoms with Crippen LogP contribution in [0.4, 0.5) is 0 Å². The number of nitrogens with zero attached hydrogens (tertiary/aromatic N) is 3. The van der Waals surface area contributed by atoms with Crippen LogP contribution in [0.2, 0.25) is 0 Å². The average molecular weight is 355 g/mol. The zero-order valence-electron chi connectivity index (χ0n) is 15.1. The Morgan fingerprint density at radius 3 is 2.77 bits per heavy atom. The normalized spacial score (nSPS) is 22.2. The Hall–Kier alpha value is -2.18. The van der Waals surface area contributed by atoms with Crippen LogP contribution in [0.15, 0.2) is 47.5 Å². The minimum atomic E-state index is -0.0790. The summed E-state index contributed by atoms with van der Waals surface area (Å²) in [5, 5.41) is 0. The van der Waals surface area contributed by atoms with E-state index in [9.17, 15) is 4.79 Å². The molecule has 2 saturated heterocycles. The third-order valence-corrected chi connectivity index (χ3v) is 5.72. The fourth-order valence-electron chi connectivity index (χ4n) is 4.04. The van der Waals surface area contributed by atoms with E-state index in [-0.39, 0.29) is 11.5 Å². The molecule has 0 unspecified atom stereocenters. The Labute approximate surface area is 153 Å². The molecule has 2 aliphatic heterocycles. The highest BCUT2D eigenvalue weighted by Gasteiger charge is 2.44. The van der Waals surface area contributed by atoms with Crippen molar-refractivity contribution < 1.29 is 13.9 Å². The Bertz CT molecular complexity index is 724. The van der Waals surface area contributed by atoms with E-state index >= 15 is 0 Å². The lowest BCUT2D eigenvalue weighted by molar-refractivity contribution is -0.0393. The van der Waals surface area contributed by atoms with Crippen LogP contribution in [0.5, 0.6) is 0 Å². The topological polar surface area (TPSA) is 58.8 Å². The molecule has 4 heterocycles. The average Bonchev–Trinajstić information content (AvgIpc) is 3.33. The fourth-order valence-corrected chi connectivity index (χ4v) is 4.04. The van der Waals surface area contributed by atoms with Gasteiger partial charge in [-0.3, -0.25) is 14.7 Å². The van der Waals surface area contributed by atoms with Crippen molar-refractivity contribution in [1.82, 2.24) is 14.8 Å². The monoisotopic (exact) mass is 355 g/mol. The number of likely N-dealkylation sites (tertiary alicyclic amines) is 1. The quantitative estimate of drug-likeness (QED) is 0.844. The number of pyridine rings is 1. The van der Waals surface area contributed by atoms with Crippen molar-refractivity contribution in [1.29, 1.82) is 0 Å². The molecule has 2 aliphatic rings. The van der Waals surface area contributed by atoms with E-state index in [1.165, 1.54) is 11.8 Å². The van der Waals surface area contributed by atoms with Gasteiger partial charge in [-0.15, -0.1) is 0 Å². The summed E-state index contributed by atoms with van der Waals surface area (Å²) in [6.07, 6.45) is 9.56. The maximum Gasteiger partial charge on any atom is 0.257 e. The molecule has 0 saturated carbocycles. The number of ether oxygens (including phenoxy) is 1. The van der Waals surface area contributed by atoms with E-state index in [4.69, 9.17) is 9.15 Å². The maximum atomic E-state index is 12.5. The zero-order chi connectivity index (χ0) is 18.0. The number of rotatable bonds is 4. The Morgan fingerprint density at radius 1 is 1.31 bits per heavy atom. The van der Waals surface area contributed by atoms with Gasteiger partial charge in [0.15, 0.2) is 0 Å². The van der Waals surface area contributed by atoms with Gasteiger partial charge in [-0.25, -0.2) is 0 Å². The second-order valence-electron chi connectivity index (χ2n) is 7.43. The van der Waals surface area contributed by atoms with E-state index in [1.54, 1.807) is 12.3 Å². The summed E-state index contributed by atoms with van der Waals surface area (Å²) >= 11 is 0. The summed E-state index contributed by atoms with van der Waals surface area (Å²) < 4.78 is 11.3. The zero-order valence-corrected chi connectivity index (χ0v) is 15.1. The molecule has 2 aromatic rings. The Morgan fingerprint density at radius 2 is 2.08 bits per heavy atom. The van der Waals surface area contributed by atoms with Crippen molar-refractivity contribution in [2.45, 2.75) is 37.5 Å². The van der Waals surface area contributed by atoms with Crippen LogP contribution in [-0.2, 0) is 11.3 Å². The molecule has 1 spiro atoms. The van der Waals surface area contributed by atoms with E-state index in [1.807, 2.05) is 17.3 Å². The number of carbonyl (C=O) groups is 1. The molecule has 6 nitrogen and oxygen atoms in total. The van der Waals surface area contributed by atoms with Crippen LogP contribution < -0.4 is 0 Å². The van der Waals surface area contributed by atoms with E-state index in [2.05, 4.69) is 29.1 Å². The first-order chi connectivity index (χ1) is 12.7. The summed E-state index contributed by atoms with van der Waals surface area (Å²) in [5.41, 5.74) is 1.82.